The van der Waals surface area contributed by atoms with E-state index in [1.165, 1.54) is 0 Å². The second kappa shape index (κ2) is 6.56. The average Bonchev–Trinajstić information content (AvgIpc) is 3.02. The molecular formula is C16H17NO2S3. The zero-order chi connectivity index (χ0) is 15.6. The standard InChI is InChI=1S/C16H17NO2S3/c1-12-5-7-15(8-6-12)22(18,19)17-14-4-2-3-13(11-14)16-20-9-10-21-16/h2-8,11,16-17H,9-10H2,1H3. The van der Waals surface area contributed by atoms with E-state index in [0.29, 0.717) is 10.3 Å². The summed E-state index contributed by atoms with van der Waals surface area (Å²) in [7, 11) is -3.53. The third kappa shape index (κ3) is 3.62. The van der Waals surface area contributed by atoms with Crippen molar-refractivity contribution in [1.29, 1.82) is 0 Å². The minimum Gasteiger partial charge on any atom is -0.280 e. The van der Waals surface area contributed by atoms with E-state index in [1.54, 1.807) is 30.3 Å². The lowest BCUT2D eigenvalue weighted by molar-refractivity contribution is 0.601. The fraction of sp³-hybridized carbons (Fsp3) is 0.250. The van der Waals surface area contributed by atoms with Gasteiger partial charge in [-0.2, -0.15) is 0 Å². The summed E-state index contributed by atoms with van der Waals surface area (Å²) in [5.74, 6) is 2.29. The second-order valence-electron chi connectivity index (χ2n) is 5.12. The van der Waals surface area contributed by atoms with Gasteiger partial charge in [0.1, 0.15) is 0 Å². The van der Waals surface area contributed by atoms with Gasteiger partial charge in [-0.25, -0.2) is 8.42 Å². The molecule has 3 rings (SSSR count). The van der Waals surface area contributed by atoms with Crippen LogP contribution in [-0.4, -0.2) is 19.9 Å². The molecule has 22 heavy (non-hydrogen) atoms. The van der Waals surface area contributed by atoms with E-state index in [0.717, 1.165) is 22.6 Å². The summed E-state index contributed by atoms with van der Waals surface area (Å²) in [5.41, 5.74) is 2.82. The molecule has 0 bridgehead atoms. The van der Waals surface area contributed by atoms with Gasteiger partial charge in [-0.05, 0) is 36.8 Å². The highest BCUT2D eigenvalue weighted by Crippen LogP contribution is 2.45. The Bertz CT molecular complexity index is 751. The smallest absolute Gasteiger partial charge is 0.261 e. The first-order valence-corrected chi connectivity index (χ1v) is 10.6. The number of thioether (sulfide) groups is 2. The van der Waals surface area contributed by atoms with E-state index in [1.807, 2.05) is 42.6 Å². The monoisotopic (exact) mass is 351 g/mol. The molecule has 0 radical (unpaired) electrons. The minimum atomic E-state index is -3.53. The van der Waals surface area contributed by atoms with Gasteiger partial charge in [0.25, 0.3) is 10.0 Å². The number of rotatable bonds is 4. The molecule has 1 saturated heterocycles. The van der Waals surface area contributed by atoms with Gasteiger partial charge >= 0.3 is 0 Å². The maximum Gasteiger partial charge on any atom is 0.261 e. The fourth-order valence-electron chi connectivity index (χ4n) is 2.23. The first-order valence-electron chi connectivity index (χ1n) is 6.97. The van der Waals surface area contributed by atoms with Crippen molar-refractivity contribution in [3.05, 3.63) is 59.7 Å². The zero-order valence-electron chi connectivity index (χ0n) is 12.2. The molecule has 1 fully saturated rings. The fourth-order valence-corrected chi connectivity index (χ4v) is 6.12. The molecule has 1 aliphatic rings. The Morgan fingerprint density at radius 1 is 1.05 bits per heavy atom. The van der Waals surface area contributed by atoms with Crippen LogP contribution in [0.3, 0.4) is 0 Å². The molecule has 2 aromatic rings. The van der Waals surface area contributed by atoms with Gasteiger partial charge in [0.05, 0.1) is 9.48 Å². The molecule has 1 heterocycles. The van der Waals surface area contributed by atoms with Crippen molar-refractivity contribution in [2.45, 2.75) is 16.4 Å². The Hall–Kier alpha value is -1.11. The van der Waals surface area contributed by atoms with E-state index in [-0.39, 0.29) is 4.90 Å². The van der Waals surface area contributed by atoms with Crippen molar-refractivity contribution < 1.29 is 8.42 Å². The van der Waals surface area contributed by atoms with Crippen LogP contribution in [0.5, 0.6) is 0 Å². The van der Waals surface area contributed by atoms with Crippen LogP contribution in [-0.2, 0) is 10.0 Å². The van der Waals surface area contributed by atoms with Crippen LogP contribution < -0.4 is 4.72 Å². The Kier molecular flexibility index (Phi) is 4.70. The summed E-state index contributed by atoms with van der Waals surface area (Å²) in [5, 5.41) is 0. The number of nitrogens with one attached hydrogen (secondary N) is 1. The summed E-state index contributed by atoms with van der Waals surface area (Å²) in [6.07, 6.45) is 0. The summed E-state index contributed by atoms with van der Waals surface area (Å²) < 4.78 is 27.9. The van der Waals surface area contributed by atoms with Crippen molar-refractivity contribution in [3.63, 3.8) is 0 Å². The first kappa shape index (κ1) is 15.8. The summed E-state index contributed by atoms with van der Waals surface area (Å²) >= 11 is 3.81. The van der Waals surface area contributed by atoms with Crippen LogP contribution in [0, 0.1) is 6.92 Å². The highest BCUT2D eigenvalue weighted by molar-refractivity contribution is 8.19. The zero-order valence-corrected chi connectivity index (χ0v) is 14.6. The molecule has 0 saturated carbocycles. The van der Waals surface area contributed by atoms with Gasteiger partial charge in [-0.15, -0.1) is 23.5 Å². The van der Waals surface area contributed by atoms with Gasteiger partial charge in [0, 0.05) is 17.2 Å². The SMILES string of the molecule is Cc1ccc(S(=O)(=O)Nc2cccc(C3SCCS3)c2)cc1. The van der Waals surface area contributed by atoms with E-state index < -0.39 is 10.0 Å². The second-order valence-corrected chi connectivity index (χ2v) is 9.52. The molecule has 0 aliphatic carbocycles. The van der Waals surface area contributed by atoms with Crippen LogP contribution in [0.1, 0.15) is 15.7 Å². The van der Waals surface area contributed by atoms with Gasteiger partial charge in [0.2, 0.25) is 0 Å². The van der Waals surface area contributed by atoms with Crippen molar-refractivity contribution in [2.75, 3.05) is 16.2 Å². The normalized spacial score (nSPS) is 15.9. The van der Waals surface area contributed by atoms with Crippen molar-refractivity contribution in [3.8, 4) is 0 Å². The molecule has 0 spiro atoms. The number of aryl methyl sites for hydroxylation is 1. The molecule has 0 aromatic heterocycles. The minimum absolute atomic E-state index is 0.285. The summed E-state index contributed by atoms with van der Waals surface area (Å²) in [4.78, 5) is 0.285. The Morgan fingerprint density at radius 3 is 2.41 bits per heavy atom. The Morgan fingerprint density at radius 2 is 1.73 bits per heavy atom. The molecule has 116 valence electrons. The van der Waals surface area contributed by atoms with Gasteiger partial charge in [0.15, 0.2) is 0 Å². The quantitative estimate of drug-likeness (QED) is 0.893. The van der Waals surface area contributed by atoms with E-state index in [2.05, 4.69) is 10.8 Å². The van der Waals surface area contributed by atoms with Crippen molar-refractivity contribution in [2.24, 2.45) is 0 Å². The molecule has 0 atom stereocenters. The van der Waals surface area contributed by atoms with Gasteiger partial charge < -0.3 is 0 Å². The van der Waals surface area contributed by atoms with Crippen LogP contribution in [0.25, 0.3) is 0 Å². The molecular weight excluding hydrogens is 334 g/mol. The predicted octanol–water partition coefficient (Wildman–Crippen LogP) is 4.27. The third-order valence-electron chi connectivity index (χ3n) is 3.36. The van der Waals surface area contributed by atoms with Crippen LogP contribution in [0.15, 0.2) is 53.4 Å². The topological polar surface area (TPSA) is 46.2 Å². The third-order valence-corrected chi connectivity index (χ3v) is 7.87. The molecule has 0 amide bonds. The van der Waals surface area contributed by atoms with Crippen LogP contribution in [0.4, 0.5) is 5.69 Å². The van der Waals surface area contributed by atoms with E-state index in [9.17, 15) is 8.42 Å². The maximum absolute atomic E-state index is 12.4. The summed E-state index contributed by atoms with van der Waals surface area (Å²) in [6.45, 7) is 1.93. The largest absolute Gasteiger partial charge is 0.280 e. The van der Waals surface area contributed by atoms with Crippen LogP contribution in [0.2, 0.25) is 0 Å². The van der Waals surface area contributed by atoms with E-state index >= 15 is 0 Å². The van der Waals surface area contributed by atoms with Gasteiger partial charge in [-0.3, -0.25) is 4.72 Å². The highest BCUT2D eigenvalue weighted by atomic mass is 32.2. The predicted molar refractivity (Wildman–Crippen MR) is 96.1 cm³/mol. The Balaban J connectivity index is 1.82. The lowest BCUT2D eigenvalue weighted by Gasteiger charge is -2.12. The highest BCUT2D eigenvalue weighted by Gasteiger charge is 2.19. The van der Waals surface area contributed by atoms with Crippen LogP contribution >= 0.6 is 23.5 Å². The molecule has 0 unspecified atom stereocenters. The molecule has 1 aliphatic heterocycles. The average molecular weight is 352 g/mol. The summed E-state index contributed by atoms with van der Waals surface area (Å²) in [6, 6.07) is 14.5. The first-order chi connectivity index (χ1) is 10.5. The van der Waals surface area contributed by atoms with E-state index in [4.69, 9.17) is 0 Å². The van der Waals surface area contributed by atoms with Gasteiger partial charge in [-0.1, -0.05) is 29.8 Å². The lowest BCUT2D eigenvalue weighted by atomic mass is 10.2. The maximum atomic E-state index is 12.4. The van der Waals surface area contributed by atoms with Crippen molar-refractivity contribution >= 4 is 39.2 Å². The molecule has 3 nitrogen and oxygen atoms in total. The number of anilines is 1. The number of sulfonamides is 1. The molecule has 6 heteroatoms. The number of hydrogen-bond donors (Lipinski definition) is 1. The lowest BCUT2D eigenvalue weighted by Crippen LogP contribution is -2.13. The number of benzene rings is 2. The number of hydrogen-bond acceptors (Lipinski definition) is 4. The Labute approximate surface area is 139 Å². The van der Waals surface area contributed by atoms with Crippen molar-refractivity contribution in [1.82, 2.24) is 0 Å². The molecule has 1 N–H and O–H groups in total. The molecule has 2 aromatic carbocycles.